The number of non-ortho nitro benzene ring substituents is 1. The molecule has 3 aromatic rings. The van der Waals surface area contributed by atoms with Crippen LogP contribution in [0.4, 0.5) is 5.69 Å². The number of thiazole rings is 1. The lowest BCUT2D eigenvalue weighted by Gasteiger charge is -2.22. The molecule has 0 aliphatic rings. The second-order valence-electron chi connectivity index (χ2n) is 6.04. The van der Waals surface area contributed by atoms with E-state index in [9.17, 15) is 20.0 Å². The Kier molecular flexibility index (Phi) is 4.94. The monoisotopic (exact) mass is 404 g/mol. The maximum Gasteiger partial charge on any atom is 0.270 e. The van der Waals surface area contributed by atoms with Crippen LogP contribution in [0.2, 0.25) is 0 Å². The van der Waals surface area contributed by atoms with Crippen LogP contribution < -0.4 is 10.7 Å². The number of thiocarbonyl (C=S) groups is 1. The molecular weight excluding hydrogens is 388 g/mol. The van der Waals surface area contributed by atoms with Crippen LogP contribution in [0.5, 0.6) is 5.75 Å². The topological polar surface area (TPSA) is 110 Å². The van der Waals surface area contributed by atoms with Crippen LogP contribution in [-0.2, 0) is 7.05 Å². The van der Waals surface area contributed by atoms with Crippen LogP contribution >= 0.6 is 23.6 Å². The van der Waals surface area contributed by atoms with Gasteiger partial charge in [-0.2, -0.15) is 0 Å². The maximum atomic E-state index is 12.1. The molecule has 1 aromatic carbocycles. The van der Waals surface area contributed by atoms with Gasteiger partial charge in [0.2, 0.25) is 5.43 Å². The Morgan fingerprint density at radius 3 is 2.78 bits per heavy atom. The lowest BCUT2D eigenvalue weighted by Crippen LogP contribution is -2.30. The van der Waals surface area contributed by atoms with Gasteiger partial charge >= 0.3 is 0 Å². The summed E-state index contributed by atoms with van der Waals surface area (Å²) >= 11 is 6.41. The molecule has 0 aliphatic carbocycles. The number of aryl methyl sites for hydroxylation is 1. The van der Waals surface area contributed by atoms with Crippen molar-refractivity contribution in [3.05, 3.63) is 61.0 Å². The van der Waals surface area contributed by atoms with Crippen molar-refractivity contribution in [1.82, 2.24) is 14.9 Å². The molecule has 0 fully saturated rings. The summed E-state index contributed by atoms with van der Waals surface area (Å²) in [6, 6.07) is 5.09. The Hall–Kier alpha value is -2.85. The van der Waals surface area contributed by atoms with Crippen LogP contribution in [0.1, 0.15) is 29.4 Å². The molecule has 10 heteroatoms. The Balaban J connectivity index is 2.23. The normalized spacial score (nSPS) is 12.1. The minimum Gasteiger partial charge on any atom is -0.503 e. The van der Waals surface area contributed by atoms with Crippen LogP contribution in [0.3, 0.4) is 0 Å². The summed E-state index contributed by atoms with van der Waals surface area (Å²) in [5.74, 6) is -0.387. The molecule has 0 radical (unpaired) electrons. The summed E-state index contributed by atoms with van der Waals surface area (Å²) < 4.78 is 2.33. The lowest BCUT2D eigenvalue weighted by molar-refractivity contribution is -0.384. The van der Waals surface area contributed by atoms with Gasteiger partial charge in [-0.15, -0.1) is 11.3 Å². The first-order valence-corrected chi connectivity index (χ1v) is 9.13. The summed E-state index contributed by atoms with van der Waals surface area (Å²) in [4.78, 5) is 27.6. The molecule has 1 unspecified atom stereocenters. The highest BCUT2D eigenvalue weighted by Gasteiger charge is 2.26. The van der Waals surface area contributed by atoms with E-state index in [2.05, 4.69) is 10.3 Å². The molecule has 0 bridgehead atoms. The van der Waals surface area contributed by atoms with Crippen LogP contribution in [0, 0.1) is 17.0 Å². The molecule has 2 heterocycles. The first-order chi connectivity index (χ1) is 12.7. The first kappa shape index (κ1) is 18.9. The highest BCUT2D eigenvalue weighted by molar-refractivity contribution is 7.80. The van der Waals surface area contributed by atoms with Gasteiger partial charge in [0.05, 0.1) is 25.8 Å². The molecule has 3 rings (SSSR count). The highest BCUT2D eigenvalue weighted by atomic mass is 32.1. The number of nitro groups is 1. The van der Waals surface area contributed by atoms with Gasteiger partial charge in [0.15, 0.2) is 5.75 Å². The zero-order valence-electron chi connectivity index (χ0n) is 14.7. The van der Waals surface area contributed by atoms with Gasteiger partial charge in [-0.1, -0.05) is 12.2 Å². The van der Waals surface area contributed by atoms with Gasteiger partial charge in [-0.3, -0.25) is 14.9 Å². The number of nitro benzene ring substituents is 1. The average Bonchev–Trinajstić information content (AvgIpc) is 3.02. The Bertz CT molecular complexity index is 1140. The molecule has 0 amide bonds. The molecule has 0 spiro atoms. The number of hydrogen-bond donors (Lipinski definition) is 2. The standard InChI is InChI=1S/C17H16N4O4S2/c1-8-6-12(22)16(23)15(20(8)3)14(18-9(2)26)17-19-11-5-4-10(21(24)25)7-13(11)27-17/h4-7,14,23H,1-3H3,(H,18,26). The van der Waals surface area contributed by atoms with E-state index in [1.165, 1.54) is 29.5 Å². The SMILES string of the molecule is CC(=S)NC(c1nc2ccc([N+](=O)[O-])cc2s1)c1c(O)c(=O)cc(C)n1C. The smallest absolute Gasteiger partial charge is 0.270 e. The summed E-state index contributed by atoms with van der Waals surface area (Å²) in [6.45, 7) is 3.44. The Labute approximate surface area is 163 Å². The maximum absolute atomic E-state index is 12.1. The summed E-state index contributed by atoms with van der Waals surface area (Å²) in [5.41, 5.74) is 1.06. The van der Waals surface area contributed by atoms with Gasteiger partial charge in [0.1, 0.15) is 11.0 Å². The average molecular weight is 404 g/mol. The summed E-state index contributed by atoms with van der Waals surface area (Å²) in [7, 11) is 1.73. The zero-order valence-corrected chi connectivity index (χ0v) is 16.3. The number of aromatic hydroxyl groups is 1. The minimum atomic E-state index is -0.670. The minimum absolute atomic E-state index is 0.0287. The number of nitrogens with one attached hydrogen (secondary N) is 1. The van der Waals surface area contributed by atoms with Crippen LogP contribution in [0.25, 0.3) is 10.2 Å². The van der Waals surface area contributed by atoms with E-state index in [4.69, 9.17) is 12.2 Å². The molecule has 27 heavy (non-hydrogen) atoms. The third-order valence-corrected chi connectivity index (χ3v) is 5.37. The molecule has 2 aromatic heterocycles. The number of hydrogen-bond acceptors (Lipinski definition) is 7. The van der Waals surface area contributed by atoms with Crippen molar-refractivity contribution in [1.29, 1.82) is 0 Å². The fourth-order valence-corrected chi connectivity index (χ4v) is 3.95. The number of aromatic nitrogens is 2. The van der Waals surface area contributed by atoms with Crippen LogP contribution in [-0.4, -0.2) is 24.6 Å². The van der Waals surface area contributed by atoms with Crippen molar-refractivity contribution < 1.29 is 10.0 Å². The van der Waals surface area contributed by atoms with Gasteiger partial charge in [0, 0.05) is 30.9 Å². The second-order valence-corrected chi connectivity index (χ2v) is 7.71. The fourth-order valence-electron chi connectivity index (χ4n) is 2.78. The van der Waals surface area contributed by atoms with Crippen molar-refractivity contribution in [3.63, 3.8) is 0 Å². The largest absolute Gasteiger partial charge is 0.503 e. The van der Waals surface area contributed by atoms with E-state index in [0.717, 1.165) is 0 Å². The molecule has 0 saturated carbocycles. The van der Waals surface area contributed by atoms with E-state index in [1.807, 2.05) is 0 Å². The summed E-state index contributed by atoms with van der Waals surface area (Å²) in [5, 5.41) is 25.0. The summed E-state index contributed by atoms with van der Waals surface area (Å²) in [6.07, 6.45) is 0. The van der Waals surface area contributed by atoms with Gasteiger partial charge in [-0.25, -0.2) is 4.98 Å². The van der Waals surface area contributed by atoms with Gasteiger partial charge in [-0.05, 0) is 19.9 Å². The number of benzene rings is 1. The fraction of sp³-hybridized carbons (Fsp3) is 0.235. The third kappa shape index (κ3) is 3.53. The lowest BCUT2D eigenvalue weighted by atomic mass is 10.1. The van der Waals surface area contributed by atoms with Crippen molar-refractivity contribution in [2.24, 2.45) is 7.05 Å². The quantitative estimate of drug-likeness (QED) is 0.391. The van der Waals surface area contributed by atoms with E-state index in [-0.39, 0.29) is 11.4 Å². The van der Waals surface area contributed by atoms with Crippen molar-refractivity contribution >= 4 is 44.4 Å². The second kappa shape index (κ2) is 7.05. The zero-order chi connectivity index (χ0) is 19.9. The first-order valence-electron chi connectivity index (χ1n) is 7.90. The number of pyridine rings is 1. The van der Waals surface area contributed by atoms with E-state index < -0.39 is 16.4 Å². The van der Waals surface area contributed by atoms with Gasteiger partial charge in [0.25, 0.3) is 5.69 Å². The van der Waals surface area contributed by atoms with Crippen molar-refractivity contribution in [3.8, 4) is 5.75 Å². The molecule has 1 atom stereocenters. The number of rotatable bonds is 4. The number of nitrogens with zero attached hydrogens (tertiary/aromatic N) is 3. The molecule has 2 N–H and O–H groups in total. The predicted molar refractivity (Wildman–Crippen MR) is 108 cm³/mol. The predicted octanol–water partition coefficient (Wildman–Crippen LogP) is 2.94. The molecular formula is C17H16N4O4S2. The highest BCUT2D eigenvalue weighted by Crippen LogP contribution is 2.34. The van der Waals surface area contributed by atoms with E-state index >= 15 is 0 Å². The number of fused-ring (bicyclic) bond motifs is 1. The Morgan fingerprint density at radius 1 is 1.44 bits per heavy atom. The van der Waals surface area contributed by atoms with Gasteiger partial charge < -0.3 is 15.0 Å². The molecule has 0 aliphatic heterocycles. The molecule has 0 saturated heterocycles. The Morgan fingerprint density at radius 2 is 2.15 bits per heavy atom. The van der Waals surface area contributed by atoms with Crippen molar-refractivity contribution in [2.45, 2.75) is 19.9 Å². The third-order valence-electron chi connectivity index (χ3n) is 4.17. The van der Waals surface area contributed by atoms with E-state index in [0.29, 0.717) is 31.6 Å². The van der Waals surface area contributed by atoms with E-state index in [1.54, 1.807) is 31.5 Å². The molecule has 8 nitrogen and oxygen atoms in total. The molecule has 140 valence electrons. The van der Waals surface area contributed by atoms with Crippen LogP contribution in [0.15, 0.2) is 29.1 Å². The van der Waals surface area contributed by atoms with Crippen molar-refractivity contribution in [2.75, 3.05) is 0 Å².